The fraction of sp³-hybridized carbons (Fsp3) is 0.429. The van der Waals surface area contributed by atoms with Crippen LogP contribution in [-0.2, 0) is 20.0 Å². The third-order valence-electron chi connectivity index (χ3n) is 3.14. The van der Waals surface area contributed by atoms with Crippen LogP contribution in [0.3, 0.4) is 0 Å². The van der Waals surface area contributed by atoms with Gasteiger partial charge in [-0.1, -0.05) is 6.92 Å². The molecular weight excluding hydrogens is 256 g/mol. The Morgan fingerprint density at radius 1 is 1.20 bits per heavy atom. The molecule has 0 radical (unpaired) electrons. The fourth-order valence-electron chi connectivity index (χ4n) is 2.05. The van der Waals surface area contributed by atoms with E-state index in [-0.39, 0.29) is 18.0 Å². The van der Waals surface area contributed by atoms with Gasteiger partial charge in [0.2, 0.25) is 0 Å². The molecule has 2 aromatic heterocycles. The van der Waals surface area contributed by atoms with E-state index in [1.54, 1.807) is 28.8 Å². The summed E-state index contributed by atoms with van der Waals surface area (Å²) in [5.41, 5.74) is 1.74. The molecule has 6 nitrogen and oxygen atoms in total. The number of aryl methyl sites for hydroxylation is 3. The Bertz CT molecular complexity index is 639. The molecule has 0 aliphatic rings. The summed E-state index contributed by atoms with van der Waals surface area (Å²) in [4.78, 5) is 24.3. The Hall–Kier alpha value is -2.24. The van der Waals surface area contributed by atoms with E-state index in [1.165, 1.54) is 6.20 Å². The maximum atomic E-state index is 12.2. The molecule has 0 atom stereocenters. The van der Waals surface area contributed by atoms with Crippen molar-refractivity contribution in [3.63, 3.8) is 0 Å². The van der Waals surface area contributed by atoms with Crippen molar-refractivity contribution in [3.05, 3.63) is 35.4 Å². The molecule has 20 heavy (non-hydrogen) atoms. The maximum absolute atomic E-state index is 12.2. The zero-order valence-corrected chi connectivity index (χ0v) is 12.0. The van der Waals surface area contributed by atoms with Crippen molar-refractivity contribution < 1.29 is 9.59 Å². The summed E-state index contributed by atoms with van der Waals surface area (Å²) in [6, 6.07) is 0. The second kappa shape index (κ2) is 5.81. The second-order valence-corrected chi connectivity index (χ2v) is 4.62. The monoisotopic (exact) mass is 274 g/mol. The Kier molecular flexibility index (Phi) is 4.12. The summed E-state index contributed by atoms with van der Waals surface area (Å²) >= 11 is 0. The van der Waals surface area contributed by atoms with E-state index >= 15 is 0 Å². The number of Topliss-reactive ketones (excluding diaryl/α,β-unsaturated/α-hetero) is 2. The van der Waals surface area contributed by atoms with E-state index in [2.05, 4.69) is 10.2 Å². The van der Waals surface area contributed by atoms with Gasteiger partial charge >= 0.3 is 0 Å². The molecule has 0 amide bonds. The van der Waals surface area contributed by atoms with E-state index in [9.17, 15) is 9.59 Å². The van der Waals surface area contributed by atoms with Crippen molar-refractivity contribution >= 4 is 11.6 Å². The van der Waals surface area contributed by atoms with Gasteiger partial charge in [0, 0.05) is 26.0 Å². The van der Waals surface area contributed by atoms with Crippen molar-refractivity contribution in [3.8, 4) is 0 Å². The summed E-state index contributed by atoms with van der Waals surface area (Å²) in [6.45, 7) is 4.58. The molecule has 0 unspecified atom stereocenters. The zero-order valence-electron chi connectivity index (χ0n) is 12.0. The first kappa shape index (κ1) is 14.2. The minimum absolute atomic E-state index is 0.145. The molecule has 2 heterocycles. The van der Waals surface area contributed by atoms with Crippen LogP contribution in [-0.4, -0.2) is 31.1 Å². The van der Waals surface area contributed by atoms with Crippen LogP contribution >= 0.6 is 0 Å². The lowest BCUT2D eigenvalue weighted by atomic mass is 10.0. The summed E-state index contributed by atoms with van der Waals surface area (Å²) in [5.74, 6) is -0.398. The highest BCUT2D eigenvalue weighted by atomic mass is 16.1. The van der Waals surface area contributed by atoms with E-state index in [4.69, 9.17) is 0 Å². The molecule has 0 aliphatic heterocycles. The van der Waals surface area contributed by atoms with Crippen molar-refractivity contribution in [2.24, 2.45) is 7.05 Å². The largest absolute Gasteiger partial charge is 0.294 e. The molecule has 2 aromatic rings. The van der Waals surface area contributed by atoms with Gasteiger partial charge in [-0.15, -0.1) is 0 Å². The summed E-state index contributed by atoms with van der Waals surface area (Å²) in [5, 5.41) is 8.26. The summed E-state index contributed by atoms with van der Waals surface area (Å²) in [7, 11) is 1.77. The molecule has 0 saturated carbocycles. The van der Waals surface area contributed by atoms with Gasteiger partial charge in [-0.25, -0.2) is 0 Å². The minimum atomic E-state index is -0.208. The lowest BCUT2D eigenvalue weighted by Gasteiger charge is -1.98. The first-order valence-electron chi connectivity index (χ1n) is 6.66. The van der Waals surface area contributed by atoms with Crippen LogP contribution in [0.5, 0.6) is 0 Å². The summed E-state index contributed by atoms with van der Waals surface area (Å²) < 4.78 is 3.27. The second-order valence-electron chi connectivity index (χ2n) is 4.62. The van der Waals surface area contributed by atoms with Gasteiger partial charge in [0.15, 0.2) is 11.6 Å². The fourth-order valence-corrected chi connectivity index (χ4v) is 2.05. The number of ketones is 2. The number of hydrogen-bond acceptors (Lipinski definition) is 4. The van der Waals surface area contributed by atoms with Crippen LogP contribution < -0.4 is 0 Å². The third kappa shape index (κ3) is 2.84. The predicted octanol–water partition coefficient (Wildman–Crippen LogP) is 1.65. The first-order chi connectivity index (χ1) is 9.55. The molecule has 0 saturated heterocycles. The molecule has 106 valence electrons. The Labute approximate surface area is 117 Å². The number of carbonyl (C=O) groups is 2. The number of nitrogens with zero attached hydrogens (tertiary/aromatic N) is 4. The van der Waals surface area contributed by atoms with Gasteiger partial charge in [0.05, 0.1) is 29.4 Å². The SMILES string of the molecule is CCc1nn(C)cc1C(=O)CC(=O)c1cnn(CC)c1. The standard InChI is InChI=1S/C14H18N4O2/c1-4-12-11(9-17(3)16-12)14(20)6-13(19)10-7-15-18(5-2)8-10/h7-9H,4-6H2,1-3H3. The highest BCUT2D eigenvalue weighted by Crippen LogP contribution is 2.12. The van der Waals surface area contributed by atoms with Crippen LogP contribution in [0.4, 0.5) is 0 Å². The van der Waals surface area contributed by atoms with Gasteiger partial charge in [-0.2, -0.15) is 10.2 Å². The number of carbonyl (C=O) groups excluding carboxylic acids is 2. The molecule has 0 spiro atoms. The van der Waals surface area contributed by atoms with Crippen LogP contribution in [0, 0.1) is 0 Å². The van der Waals surface area contributed by atoms with Gasteiger partial charge in [0.1, 0.15) is 0 Å². The van der Waals surface area contributed by atoms with E-state index in [0.29, 0.717) is 24.1 Å². The Balaban J connectivity index is 2.12. The molecular formula is C14H18N4O2. The maximum Gasteiger partial charge on any atom is 0.174 e. The molecule has 0 N–H and O–H groups in total. The van der Waals surface area contributed by atoms with Crippen LogP contribution in [0.15, 0.2) is 18.6 Å². The molecule has 0 bridgehead atoms. The highest BCUT2D eigenvalue weighted by molar-refractivity contribution is 6.13. The Morgan fingerprint density at radius 2 is 1.95 bits per heavy atom. The van der Waals surface area contributed by atoms with Crippen molar-refractivity contribution in [2.45, 2.75) is 33.2 Å². The third-order valence-corrected chi connectivity index (χ3v) is 3.14. The van der Waals surface area contributed by atoms with Gasteiger partial charge in [-0.3, -0.25) is 19.0 Å². The first-order valence-corrected chi connectivity index (χ1v) is 6.66. The predicted molar refractivity (Wildman–Crippen MR) is 73.8 cm³/mol. The van der Waals surface area contributed by atoms with Crippen LogP contribution in [0.1, 0.15) is 46.7 Å². The average Bonchev–Trinajstić information content (AvgIpc) is 3.04. The number of rotatable bonds is 6. The molecule has 2 rings (SSSR count). The summed E-state index contributed by atoms with van der Waals surface area (Å²) in [6.07, 6.45) is 5.37. The zero-order chi connectivity index (χ0) is 14.7. The Morgan fingerprint density at radius 3 is 2.55 bits per heavy atom. The normalized spacial score (nSPS) is 10.8. The van der Waals surface area contributed by atoms with Crippen LogP contribution in [0.25, 0.3) is 0 Å². The molecule has 0 aliphatic carbocycles. The van der Waals surface area contributed by atoms with Crippen molar-refractivity contribution in [1.29, 1.82) is 0 Å². The highest BCUT2D eigenvalue weighted by Gasteiger charge is 2.19. The van der Waals surface area contributed by atoms with E-state index < -0.39 is 0 Å². The van der Waals surface area contributed by atoms with Crippen molar-refractivity contribution in [2.75, 3.05) is 0 Å². The topological polar surface area (TPSA) is 69.8 Å². The van der Waals surface area contributed by atoms with Gasteiger partial charge in [-0.05, 0) is 13.3 Å². The lowest BCUT2D eigenvalue weighted by molar-refractivity contribution is 0.0893. The smallest absolute Gasteiger partial charge is 0.174 e. The van der Waals surface area contributed by atoms with Gasteiger partial charge in [0.25, 0.3) is 0 Å². The molecule has 0 aromatic carbocycles. The van der Waals surface area contributed by atoms with E-state index in [0.717, 1.165) is 5.69 Å². The lowest BCUT2D eigenvalue weighted by Crippen LogP contribution is -2.09. The quantitative estimate of drug-likeness (QED) is 0.593. The molecule has 0 fully saturated rings. The number of aromatic nitrogens is 4. The van der Waals surface area contributed by atoms with Gasteiger partial charge < -0.3 is 0 Å². The number of hydrogen-bond donors (Lipinski definition) is 0. The van der Waals surface area contributed by atoms with Crippen molar-refractivity contribution in [1.82, 2.24) is 19.6 Å². The minimum Gasteiger partial charge on any atom is -0.294 e. The molecule has 6 heteroatoms. The average molecular weight is 274 g/mol. The van der Waals surface area contributed by atoms with E-state index in [1.807, 2.05) is 13.8 Å². The van der Waals surface area contributed by atoms with Crippen LogP contribution in [0.2, 0.25) is 0 Å².